The van der Waals surface area contributed by atoms with Gasteiger partial charge in [0.2, 0.25) is 11.8 Å². The number of benzene rings is 4. The van der Waals surface area contributed by atoms with Gasteiger partial charge in [0.05, 0.1) is 24.8 Å². The number of methoxy groups -OCH3 is 2. The normalized spacial score (nSPS) is 11.7. The van der Waals surface area contributed by atoms with Crippen molar-refractivity contribution in [3.63, 3.8) is 0 Å². The molecule has 4 aromatic rings. The van der Waals surface area contributed by atoms with Gasteiger partial charge in [0, 0.05) is 30.6 Å². The molecule has 0 aliphatic rings. The largest absolute Gasteiger partial charge is 0.493 e. The van der Waals surface area contributed by atoms with Crippen molar-refractivity contribution in [2.75, 3.05) is 31.6 Å². The molecule has 0 unspecified atom stereocenters. The fraction of sp³-hybridized carbons (Fsp3) is 0.235. The van der Waals surface area contributed by atoms with E-state index >= 15 is 0 Å². The predicted molar refractivity (Wildman–Crippen MR) is 175 cm³/mol. The highest BCUT2D eigenvalue weighted by molar-refractivity contribution is 7.92. The van der Waals surface area contributed by atoms with Crippen molar-refractivity contribution in [2.24, 2.45) is 0 Å². The number of rotatable bonds is 14. The van der Waals surface area contributed by atoms with Crippen LogP contribution in [0.15, 0.2) is 108 Å². The number of sulfonamides is 1. The van der Waals surface area contributed by atoms with Crippen molar-refractivity contribution in [1.82, 2.24) is 10.2 Å². The Morgan fingerprint density at radius 3 is 2.04 bits per heavy atom. The molecule has 4 rings (SSSR count). The third kappa shape index (κ3) is 8.34. The zero-order valence-electron chi connectivity index (χ0n) is 25.4. The first-order chi connectivity index (χ1) is 21.7. The molecule has 9 nitrogen and oxygen atoms in total. The summed E-state index contributed by atoms with van der Waals surface area (Å²) >= 11 is 6.13. The lowest BCUT2D eigenvalue weighted by Crippen LogP contribution is -2.53. The second-order valence-electron chi connectivity index (χ2n) is 10.1. The molecule has 0 aromatic heterocycles. The van der Waals surface area contributed by atoms with Crippen LogP contribution in [0, 0.1) is 0 Å². The van der Waals surface area contributed by atoms with Gasteiger partial charge in [-0.15, -0.1) is 0 Å². The van der Waals surface area contributed by atoms with Crippen LogP contribution in [-0.2, 0) is 32.6 Å². The number of nitrogens with one attached hydrogen (secondary N) is 1. The van der Waals surface area contributed by atoms with Crippen LogP contribution in [0.3, 0.4) is 0 Å². The summed E-state index contributed by atoms with van der Waals surface area (Å²) in [6, 6.07) is 27.8. The minimum Gasteiger partial charge on any atom is -0.493 e. The maximum atomic E-state index is 14.5. The third-order valence-electron chi connectivity index (χ3n) is 7.15. The molecule has 1 N–H and O–H groups in total. The van der Waals surface area contributed by atoms with Crippen molar-refractivity contribution in [2.45, 2.75) is 30.8 Å². The molecule has 45 heavy (non-hydrogen) atoms. The molecule has 0 spiro atoms. The number of anilines is 1. The molecule has 0 heterocycles. The Morgan fingerprint density at radius 1 is 0.822 bits per heavy atom. The summed E-state index contributed by atoms with van der Waals surface area (Å²) in [7, 11) is -1.33. The Morgan fingerprint density at radius 2 is 1.44 bits per heavy atom. The molecule has 4 aromatic carbocycles. The molecule has 0 radical (unpaired) electrons. The van der Waals surface area contributed by atoms with E-state index in [1.165, 1.54) is 37.3 Å². The van der Waals surface area contributed by atoms with E-state index in [0.29, 0.717) is 17.3 Å². The highest BCUT2D eigenvalue weighted by Crippen LogP contribution is 2.34. The molecule has 236 valence electrons. The smallest absolute Gasteiger partial charge is 0.264 e. The van der Waals surface area contributed by atoms with Crippen molar-refractivity contribution in [3.05, 3.63) is 119 Å². The Bertz CT molecular complexity index is 1690. The molecule has 11 heteroatoms. The number of hydrogen-bond acceptors (Lipinski definition) is 6. The molecule has 0 saturated heterocycles. The van der Waals surface area contributed by atoms with E-state index in [2.05, 4.69) is 5.32 Å². The summed E-state index contributed by atoms with van der Waals surface area (Å²) in [5, 5.41) is 3.37. The third-order valence-corrected chi connectivity index (χ3v) is 9.19. The van der Waals surface area contributed by atoms with Crippen molar-refractivity contribution in [1.29, 1.82) is 0 Å². The second-order valence-corrected chi connectivity index (χ2v) is 12.4. The second kappa shape index (κ2) is 15.5. The van der Waals surface area contributed by atoms with Gasteiger partial charge in [-0.25, -0.2) is 8.42 Å². The first-order valence-electron chi connectivity index (χ1n) is 14.3. The van der Waals surface area contributed by atoms with Gasteiger partial charge in [0.25, 0.3) is 10.0 Å². The van der Waals surface area contributed by atoms with E-state index in [1.807, 2.05) is 30.3 Å². The zero-order chi connectivity index (χ0) is 32.4. The van der Waals surface area contributed by atoms with Crippen LogP contribution in [0.4, 0.5) is 5.69 Å². The first kappa shape index (κ1) is 33.4. The average molecular weight is 650 g/mol. The van der Waals surface area contributed by atoms with Crippen LogP contribution < -0.4 is 19.1 Å². The molecule has 2 amide bonds. The van der Waals surface area contributed by atoms with Crippen LogP contribution in [0.5, 0.6) is 11.5 Å². The number of carbonyl (C=O) groups excluding carboxylic acids is 2. The van der Waals surface area contributed by atoms with Gasteiger partial charge in [-0.3, -0.25) is 13.9 Å². The van der Waals surface area contributed by atoms with Crippen LogP contribution in [-0.4, -0.2) is 58.5 Å². The lowest BCUT2D eigenvalue weighted by molar-refractivity contribution is -0.140. The maximum absolute atomic E-state index is 14.5. The van der Waals surface area contributed by atoms with E-state index in [1.54, 1.807) is 61.5 Å². The average Bonchev–Trinajstić information content (AvgIpc) is 3.06. The predicted octanol–water partition coefficient (Wildman–Crippen LogP) is 5.33. The van der Waals surface area contributed by atoms with Gasteiger partial charge in [0.1, 0.15) is 12.6 Å². The monoisotopic (exact) mass is 649 g/mol. The van der Waals surface area contributed by atoms with Gasteiger partial charge < -0.3 is 19.7 Å². The Hall–Kier alpha value is -4.54. The maximum Gasteiger partial charge on any atom is 0.264 e. The fourth-order valence-corrected chi connectivity index (χ4v) is 6.41. The summed E-state index contributed by atoms with van der Waals surface area (Å²) in [5.41, 5.74) is 1.75. The summed E-state index contributed by atoms with van der Waals surface area (Å²) in [6.45, 7) is 1.60. The van der Waals surface area contributed by atoms with Crippen molar-refractivity contribution < 1.29 is 27.5 Å². The van der Waals surface area contributed by atoms with Gasteiger partial charge in [0.15, 0.2) is 11.5 Å². The van der Waals surface area contributed by atoms with Crippen molar-refractivity contribution in [3.8, 4) is 11.5 Å². The first-order valence-corrected chi connectivity index (χ1v) is 16.1. The summed E-state index contributed by atoms with van der Waals surface area (Å²) < 4.78 is 40.1. The van der Waals surface area contributed by atoms with Gasteiger partial charge in [-0.1, -0.05) is 72.3 Å². The molecule has 1 atom stereocenters. The quantitative estimate of drug-likeness (QED) is 0.198. The molecule has 0 fully saturated rings. The molecule has 0 bridgehead atoms. The summed E-state index contributed by atoms with van der Waals surface area (Å²) in [5.74, 6) is -0.246. The molecular formula is C34H36ClN3O6S. The van der Waals surface area contributed by atoms with E-state index in [0.717, 1.165) is 15.4 Å². The fourth-order valence-electron chi connectivity index (χ4n) is 4.86. The molecule has 0 aliphatic carbocycles. The number of amides is 2. The van der Waals surface area contributed by atoms with E-state index in [-0.39, 0.29) is 35.2 Å². The molecule has 0 aliphatic heterocycles. The van der Waals surface area contributed by atoms with Crippen LogP contribution in [0.1, 0.15) is 18.1 Å². The zero-order valence-corrected chi connectivity index (χ0v) is 26.9. The topological polar surface area (TPSA) is 105 Å². The van der Waals surface area contributed by atoms with Crippen molar-refractivity contribution >= 4 is 39.1 Å². The van der Waals surface area contributed by atoms with E-state index in [9.17, 15) is 18.0 Å². The number of halogens is 1. The number of nitrogens with zero attached hydrogens (tertiary/aromatic N) is 2. The highest BCUT2D eigenvalue weighted by atomic mass is 35.5. The minimum atomic E-state index is -4.25. The van der Waals surface area contributed by atoms with E-state index < -0.39 is 28.5 Å². The highest BCUT2D eigenvalue weighted by Gasteiger charge is 2.34. The van der Waals surface area contributed by atoms with Gasteiger partial charge in [-0.05, 0) is 54.4 Å². The van der Waals surface area contributed by atoms with Crippen LogP contribution in [0.25, 0.3) is 0 Å². The summed E-state index contributed by atoms with van der Waals surface area (Å²) in [4.78, 5) is 29.5. The standard InChI is InChI=1S/C34H36ClN3O6S/c1-4-36-34(40)30(21-25-11-7-5-8-12-25)37(23-26-15-17-27(35)18-16-26)33(39)24-38(45(41,42)29-13-9-6-10-14-29)28-19-20-31(43-2)32(22-28)44-3/h5-20,22,30H,4,21,23-24H2,1-3H3,(H,36,40)/t30-/m1/s1. The van der Waals surface area contributed by atoms with E-state index in [4.69, 9.17) is 21.1 Å². The van der Waals surface area contributed by atoms with Gasteiger partial charge in [-0.2, -0.15) is 0 Å². The lowest BCUT2D eigenvalue weighted by atomic mass is 10.0. The number of likely N-dealkylation sites (N-methyl/N-ethyl adjacent to an activating group) is 1. The number of hydrogen-bond donors (Lipinski definition) is 1. The summed E-state index contributed by atoms with van der Waals surface area (Å²) in [6.07, 6.45) is 0.216. The molecular weight excluding hydrogens is 614 g/mol. The number of ether oxygens (including phenoxy) is 2. The van der Waals surface area contributed by atoms with Crippen LogP contribution >= 0.6 is 11.6 Å². The van der Waals surface area contributed by atoms with Crippen LogP contribution in [0.2, 0.25) is 5.02 Å². The Balaban J connectivity index is 1.82. The minimum absolute atomic E-state index is 0.00129. The molecule has 0 saturated carbocycles. The Kier molecular flexibility index (Phi) is 11.5. The van der Waals surface area contributed by atoms with Gasteiger partial charge >= 0.3 is 0 Å². The SMILES string of the molecule is CCNC(=O)[C@@H](Cc1ccccc1)N(Cc1ccc(Cl)cc1)C(=O)CN(c1ccc(OC)c(OC)c1)S(=O)(=O)c1ccccc1. The lowest BCUT2D eigenvalue weighted by Gasteiger charge is -2.34. The Labute approximate surface area is 269 Å². The number of carbonyl (C=O) groups is 2.